The monoisotopic (exact) mass is 366 g/mol. The predicted octanol–water partition coefficient (Wildman–Crippen LogP) is 5.45. The number of carbonyl (C=O) groups excluding carboxylic acids is 1. The Kier molecular flexibility index (Phi) is 5.12. The molecule has 0 bridgehead atoms. The molecule has 4 atom stereocenters. The van der Waals surface area contributed by atoms with Gasteiger partial charge in [-0.15, -0.1) is 0 Å². The zero-order chi connectivity index (χ0) is 19.0. The van der Waals surface area contributed by atoms with Gasteiger partial charge in [0, 0.05) is 0 Å². The van der Waals surface area contributed by atoms with Gasteiger partial charge in [0.25, 0.3) is 0 Å². The van der Waals surface area contributed by atoms with Crippen LogP contribution in [0.1, 0.15) is 66.4 Å². The standard InChI is InChI=1S/C24H30O3/c1-15(25)21-12-17-13-22(16-8-10-18(26-2)11-9-16)19-6-4-5-7-20(19)23(17)14-24(21)27-3/h8,10-12,14,16,19-20,22H,4-7,9,13H2,1-3H3/t16?,19-,20+,22-/m0/s1. The van der Waals surface area contributed by atoms with Gasteiger partial charge in [-0.2, -0.15) is 0 Å². The SMILES string of the molecule is COC1=CCC([C@@H]2Cc3cc(C(C)=O)c(OC)cc3[C@@H]3CCCC[C@@H]32)C=C1. The van der Waals surface area contributed by atoms with Gasteiger partial charge in [0.05, 0.1) is 19.8 Å². The van der Waals surface area contributed by atoms with Gasteiger partial charge < -0.3 is 9.47 Å². The van der Waals surface area contributed by atoms with Crippen LogP contribution in [-0.2, 0) is 11.2 Å². The molecule has 1 fully saturated rings. The maximum Gasteiger partial charge on any atom is 0.163 e. The van der Waals surface area contributed by atoms with E-state index in [0.29, 0.717) is 17.8 Å². The molecule has 0 spiro atoms. The van der Waals surface area contributed by atoms with Crippen LogP contribution in [0.4, 0.5) is 0 Å². The third-order valence-corrected chi connectivity index (χ3v) is 6.95. The summed E-state index contributed by atoms with van der Waals surface area (Å²) in [5.74, 6) is 4.34. The first-order valence-electron chi connectivity index (χ1n) is 10.3. The van der Waals surface area contributed by atoms with Gasteiger partial charge in [-0.05, 0) is 91.7 Å². The van der Waals surface area contributed by atoms with E-state index >= 15 is 0 Å². The van der Waals surface area contributed by atoms with E-state index < -0.39 is 0 Å². The summed E-state index contributed by atoms with van der Waals surface area (Å²) < 4.78 is 10.9. The van der Waals surface area contributed by atoms with Crippen LogP contribution < -0.4 is 4.74 Å². The summed E-state index contributed by atoms with van der Waals surface area (Å²) in [4.78, 5) is 12.1. The van der Waals surface area contributed by atoms with E-state index in [9.17, 15) is 4.79 Å². The molecule has 1 saturated carbocycles. The number of benzene rings is 1. The van der Waals surface area contributed by atoms with Crippen LogP contribution in [0.3, 0.4) is 0 Å². The van der Waals surface area contributed by atoms with Crippen molar-refractivity contribution in [1.29, 1.82) is 0 Å². The number of methoxy groups -OCH3 is 2. The van der Waals surface area contributed by atoms with Crippen LogP contribution in [-0.4, -0.2) is 20.0 Å². The summed E-state index contributed by atoms with van der Waals surface area (Å²) in [7, 11) is 3.41. The zero-order valence-corrected chi connectivity index (χ0v) is 16.7. The van der Waals surface area contributed by atoms with E-state index in [4.69, 9.17) is 9.47 Å². The van der Waals surface area contributed by atoms with Crippen molar-refractivity contribution in [3.63, 3.8) is 0 Å². The van der Waals surface area contributed by atoms with E-state index in [1.165, 1.54) is 36.8 Å². The van der Waals surface area contributed by atoms with Crippen molar-refractivity contribution in [2.45, 2.75) is 51.4 Å². The number of hydrogen-bond donors (Lipinski definition) is 0. The Morgan fingerprint density at radius 2 is 1.89 bits per heavy atom. The van der Waals surface area contributed by atoms with Crippen LogP contribution in [0.15, 0.2) is 36.1 Å². The lowest BCUT2D eigenvalue weighted by molar-refractivity contribution is 0.101. The van der Waals surface area contributed by atoms with Crippen LogP contribution in [0.5, 0.6) is 5.75 Å². The molecule has 3 nitrogen and oxygen atoms in total. The van der Waals surface area contributed by atoms with Crippen molar-refractivity contribution < 1.29 is 14.3 Å². The number of fused-ring (bicyclic) bond motifs is 3. The van der Waals surface area contributed by atoms with Gasteiger partial charge >= 0.3 is 0 Å². The van der Waals surface area contributed by atoms with Crippen LogP contribution >= 0.6 is 0 Å². The molecule has 1 aromatic carbocycles. The van der Waals surface area contributed by atoms with Gasteiger partial charge in [0.2, 0.25) is 0 Å². The highest BCUT2D eigenvalue weighted by Gasteiger charge is 2.41. The highest BCUT2D eigenvalue weighted by atomic mass is 16.5. The summed E-state index contributed by atoms with van der Waals surface area (Å²) in [6, 6.07) is 4.29. The molecule has 0 N–H and O–H groups in total. The molecule has 3 aliphatic carbocycles. The normalized spacial score (nSPS) is 29.4. The second-order valence-electron chi connectivity index (χ2n) is 8.30. The van der Waals surface area contributed by atoms with Crippen molar-refractivity contribution in [2.75, 3.05) is 14.2 Å². The van der Waals surface area contributed by atoms with Gasteiger partial charge in [-0.3, -0.25) is 4.79 Å². The minimum atomic E-state index is 0.0854. The van der Waals surface area contributed by atoms with Crippen LogP contribution in [0.25, 0.3) is 0 Å². The number of ketones is 1. The highest BCUT2D eigenvalue weighted by Crippen LogP contribution is 2.52. The van der Waals surface area contributed by atoms with E-state index in [1.807, 2.05) is 0 Å². The second kappa shape index (κ2) is 7.53. The molecular weight excluding hydrogens is 336 g/mol. The Balaban J connectivity index is 1.71. The highest BCUT2D eigenvalue weighted by molar-refractivity contribution is 5.97. The van der Waals surface area contributed by atoms with E-state index in [1.54, 1.807) is 21.1 Å². The third kappa shape index (κ3) is 3.33. The molecule has 0 heterocycles. The number of allylic oxidation sites excluding steroid dienone is 3. The van der Waals surface area contributed by atoms with Crippen molar-refractivity contribution >= 4 is 5.78 Å². The first kappa shape index (κ1) is 18.3. The van der Waals surface area contributed by atoms with E-state index in [2.05, 4.69) is 30.4 Å². The maximum atomic E-state index is 12.1. The largest absolute Gasteiger partial charge is 0.497 e. The lowest BCUT2D eigenvalue weighted by Crippen LogP contribution is -2.36. The molecule has 3 aliphatic rings. The lowest BCUT2D eigenvalue weighted by Gasteiger charge is -2.45. The Morgan fingerprint density at radius 3 is 2.56 bits per heavy atom. The summed E-state index contributed by atoms with van der Waals surface area (Å²) in [5.41, 5.74) is 3.53. The molecule has 1 aromatic rings. The molecule has 0 amide bonds. The molecule has 0 radical (unpaired) electrons. The second-order valence-corrected chi connectivity index (χ2v) is 8.30. The van der Waals surface area contributed by atoms with Gasteiger partial charge in [-0.25, -0.2) is 0 Å². The minimum Gasteiger partial charge on any atom is -0.497 e. The summed E-state index contributed by atoms with van der Waals surface area (Å²) in [5, 5.41) is 0. The maximum absolute atomic E-state index is 12.1. The van der Waals surface area contributed by atoms with Crippen molar-refractivity contribution in [1.82, 2.24) is 0 Å². The number of Topliss-reactive ketones (excluding diaryl/α,β-unsaturated/α-hetero) is 1. The van der Waals surface area contributed by atoms with Crippen LogP contribution in [0.2, 0.25) is 0 Å². The molecule has 0 saturated heterocycles. The average Bonchev–Trinajstić information content (AvgIpc) is 2.72. The minimum absolute atomic E-state index is 0.0854. The lowest BCUT2D eigenvalue weighted by atomic mass is 9.59. The van der Waals surface area contributed by atoms with Crippen molar-refractivity contribution in [3.8, 4) is 5.75 Å². The summed E-state index contributed by atoms with van der Waals surface area (Å²) >= 11 is 0. The molecule has 144 valence electrons. The first-order chi connectivity index (χ1) is 13.1. The van der Waals surface area contributed by atoms with Crippen molar-refractivity contribution in [3.05, 3.63) is 52.8 Å². The first-order valence-corrected chi connectivity index (χ1v) is 10.3. The Morgan fingerprint density at radius 1 is 1.07 bits per heavy atom. The average molecular weight is 367 g/mol. The van der Waals surface area contributed by atoms with E-state index in [0.717, 1.165) is 35.8 Å². The summed E-state index contributed by atoms with van der Waals surface area (Å²) in [6.07, 6.45) is 14.1. The molecular formula is C24H30O3. The molecule has 3 heteroatoms. The fourth-order valence-corrected chi connectivity index (χ4v) is 5.62. The molecule has 0 aromatic heterocycles. The molecule has 27 heavy (non-hydrogen) atoms. The molecule has 0 aliphatic heterocycles. The van der Waals surface area contributed by atoms with Gasteiger partial charge in [0.15, 0.2) is 5.78 Å². The number of hydrogen-bond acceptors (Lipinski definition) is 3. The Hall–Kier alpha value is -2.03. The number of ether oxygens (including phenoxy) is 2. The Bertz CT molecular complexity index is 789. The molecule has 1 unspecified atom stereocenters. The van der Waals surface area contributed by atoms with Gasteiger partial charge in [-0.1, -0.05) is 18.9 Å². The predicted molar refractivity (Wildman–Crippen MR) is 107 cm³/mol. The number of carbonyl (C=O) groups is 1. The quantitative estimate of drug-likeness (QED) is 0.665. The summed E-state index contributed by atoms with van der Waals surface area (Å²) in [6.45, 7) is 1.63. The van der Waals surface area contributed by atoms with Crippen LogP contribution in [0, 0.1) is 17.8 Å². The zero-order valence-electron chi connectivity index (χ0n) is 16.7. The Labute approximate surface area is 162 Å². The van der Waals surface area contributed by atoms with E-state index in [-0.39, 0.29) is 5.78 Å². The third-order valence-electron chi connectivity index (χ3n) is 6.95. The van der Waals surface area contributed by atoms with Crippen molar-refractivity contribution in [2.24, 2.45) is 17.8 Å². The smallest absolute Gasteiger partial charge is 0.163 e. The topological polar surface area (TPSA) is 35.5 Å². The fourth-order valence-electron chi connectivity index (χ4n) is 5.62. The number of rotatable bonds is 4. The fraction of sp³-hybridized carbons (Fsp3) is 0.542. The van der Waals surface area contributed by atoms with Gasteiger partial charge in [0.1, 0.15) is 11.5 Å². The molecule has 4 rings (SSSR count).